The highest BCUT2D eigenvalue weighted by Crippen LogP contribution is 1.76. The predicted molar refractivity (Wildman–Crippen MR) is 32.2 cm³/mol. The molecule has 0 spiro atoms. The predicted octanol–water partition coefficient (Wildman–Crippen LogP) is -0.366. The van der Waals surface area contributed by atoms with Gasteiger partial charge in [-0.05, 0) is 0 Å². The zero-order valence-electron chi connectivity index (χ0n) is 4.76. The minimum atomic E-state index is 0.762. The number of rotatable bonds is 0. The summed E-state index contributed by atoms with van der Waals surface area (Å²) in [6.45, 7) is 3.22. The van der Waals surface area contributed by atoms with Crippen LogP contribution in [-0.4, -0.2) is 32.6 Å². The fourth-order valence-electron chi connectivity index (χ4n) is 0.544. The van der Waals surface area contributed by atoms with Crippen molar-refractivity contribution in [2.24, 2.45) is 4.99 Å². The molecule has 0 aromatic rings. The summed E-state index contributed by atoms with van der Waals surface area (Å²) in [6, 6.07) is 0. The number of nitrogens with zero attached hydrogens (tertiary/aromatic N) is 1. The van der Waals surface area contributed by atoms with Crippen LogP contribution in [0.1, 0.15) is 0 Å². The minimum Gasteiger partial charge on any atom is -0.378 e. The highest BCUT2D eigenvalue weighted by molar-refractivity contribution is 5.54. The van der Waals surface area contributed by atoms with E-state index >= 15 is 0 Å². The van der Waals surface area contributed by atoms with Crippen molar-refractivity contribution in [2.75, 3.05) is 26.3 Å². The van der Waals surface area contributed by atoms with E-state index < -0.39 is 0 Å². The molecule has 0 bridgehead atoms. The molecule has 0 aliphatic carbocycles. The Labute approximate surface area is 48.8 Å². The molecule has 0 unspecified atom stereocenters. The summed E-state index contributed by atoms with van der Waals surface area (Å²) in [5, 5.41) is 2.97. The molecule has 0 aromatic heterocycles. The summed E-state index contributed by atoms with van der Waals surface area (Å²) in [5.74, 6) is 0. The maximum atomic E-state index is 5.10. The molecule has 1 N–H and O–H groups in total. The van der Waals surface area contributed by atoms with Crippen molar-refractivity contribution in [3.05, 3.63) is 0 Å². The van der Waals surface area contributed by atoms with Crippen LogP contribution in [0.4, 0.5) is 0 Å². The number of aliphatic imine (C=N–C) groups is 1. The highest BCUT2D eigenvalue weighted by Gasteiger charge is 1.88. The SMILES string of the molecule is C1=NCCOCCN1. The van der Waals surface area contributed by atoms with Crippen LogP contribution in [-0.2, 0) is 4.74 Å². The van der Waals surface area contributed by atoms with Crippen molar-refractivity contribution in [3.8, 4) is 0 Å². The van der Waals surface area contributed by atoms with Gasteiger partial charge in [-0.2, -0.15) is 0 Å². The Morgan fingerprint density at radius 3 is 3.50 bits per heavy atom. The van der Waals surface area contributed by atoms with Gasteiger partial charge in [0.15, 0.2) is 0 Å². The topological polar surface area (TPSA) is 33.6 Å². The van der Waals surface area contributed by atoms with Crippen molar-refractivity contribution >= 4 is 6.34 Å². The third kappa shape index (κ3) is 1.93. The lowest BCUT2D eigenvalue weighted by atomic mass is 10.6. The molecule has 1 aliphatic rings. The Balaban J connectivity index is 2.17. The number of ether oxygens (including phenoxy) is 1. The van der Waals surface area contributed by atoms with Crippen LogP contribution in [0.25, 0.3) is 0 Å². The second-order valence-corrected chi connectivity index (χ2v) is 1.60. The molecule has 1 heterocycles. The second kappa shape index (κ2) is 3.43. The van der Waals surface area contributed by atoms with Crippen molar-refractivity contribution in [2.45, 2.75) is 0 Å². The van der Waals surface area contributed by atoms with Gasteiger partial charge >= 0.3 is 0 Å². The monoisotopic (exact) mass is 114 g/mol. The average Bonchev–Trinajstić information content (AvgIpc) is 1.62. The molecule has 46 valence electrons. The summed E-state index contributed by atoms with van der Waals surface area (Å²) >= 11 is 0. The molecule has 1 aliphatic heterocycles. The van der Waals surface area contributed by atoms with Crippen molar-refractivity contribution in [3.63, 3.8) is 0 Å². The van der Waals surface area contributed by atoms with Crippen LogP contribution in [0.5, 0.6) is 0 Å². The third-order valence-electron chi connectivity index (χ3n) is 0.938. The van der Waals surface area contributed by atoms with Crippen LogP contribution in [0.3, 0.4) is 0 Å². The highest BCUT2D eigenvalue weighted by atomic mass is 16.5. The van der Waals surface area contributed by atoms with Gasteiger partial charge in [0.2, 0.25) is 0 Å². The third-order valence-corrected chi connectivity index (χ3v) is 0.938. The lowest BCUT2D eigenvalue weighted by molar-refractivity contribution is 0.144. The van der Waals surface area contributed by atoms with E-state index in [9.17, 15) is 0 Å². The van der Waals surface area contributed by atoms with Crippen LogP contribution >= 0.6 is 0 Å². The lowest BCUT2D eigenvalue weighted by Gasteiger charge is -2.04. The summed E-state index contributed by atoms with van der Waals surface area (Å²) < 4.78 is 5.10. The molecule has 1 rings (SSSR count). The second-order valence-electron chi connectivity index (χ2n) is 1.60. The van der Waals surface area contributed by atoms with Gasteiger partial charge in [-0.25, -0.2) is 0 Å². The molecular weight excluding hydrogens is 104 g/mol. The van der Waals surface area contributed by atoms with Crippen LogP contribution < -0.4 is 5.32 Å². The molecule has 0 saturated carbocycles. The smallest absolute Gasteiger partial charge is 0.0825 e. The van der Waals surface area contributed by atoms with Gasteiger partial charge in [-0.3, -0.25) is 4.99 Å². The first-order valence-corrected chi connectivity index (χ1v) is 2.79. The van der Waals surface area contributed by atoms with Gasteiger partial charge in [0.1, 0.15) is 0 Å². The van der Waals surface area contributed by atoms with E-state index in [0.717, 1.165) is 26.3 Å². The Morgan fingerprint density at radius 1 is 1.50 bits per heavy atom. The largest absolute Gasteiger partial charge is 0.378 e. The fourth-order valence-corrected chi connectivity index (χ4v) is 0.544. The fraction of sp³-hybridized carbons (Fsp3) is 0.800. The Bertz CT molecular complexity index is 72.5. The Hall–Kier alpha value is -0.570. The summed E-state index contributed by atoms with van der Waals surface area (Å²) in [7, 11) is 0. The number of nitrogens with one attached hydrogen (secondary N) is 1. The van der Waals surface area contributed by atoms with Crippen molar-refractivity contribution in [1.29, 1.82) is 0 Å². The first-order valence-electron chi connectivity index (χ1n) is 2.79. The molecule has 0 saturated heterocycles. The van der Waals surface area contributed by atoms with E-state index in [1.807, 2.05) is 0 Å². The normalized spacial score (nSPS) is 21.0. The van der Waals surface area contributed by atoms with Gasteiger partial charge in [0.05, 0.1) is 26.1 Å². The van der Waals surface area contributed by atoms with Gasteiger partial charge in [-0.15, -0.1) is 0 Å². The standard InChI is InChI=1S/C5H10N2O/c1-3-8-4-2-7-5-6-1/h5H,1-4H2,(H,6,7). The average molecular weight is 114 g/mol. The first-order chi connectivity index (χ1) is 4.00. The van der Waals surface area contributed by atoms with E-state index in [1.165, 1.54) is 0 Å². The summed E-state index contributed by atoms with van der Waals surface area (Å²) in [4.78, 5) is 3.97. The van der Waals surface area contributed by atoms with Gasteiger partial charge in [-0.1, -0.05) is 0 Å². The number of hydrogen-bond acceptors (Lipinski definition) is 3. The molecule has 0 radical (unpaired) electrons. The molecule has 0 amide bonds. The molecule has 3 heteroatoms. The Morgan fingerprint density at radius 2 is 2.50 bits per heavy atom. The van der Waals surface area contributed by atoms with Gasteiger partial charge < -0.3 is 10.1 Å². The quantitative estimate of drug-likeness (QED) is 0.466. The molecule has 0 fully saturated rings. The summed E-state index contributed by atoms with van der Waals surface area (Å²) in [6.07, 6.45) is 1.74. The van der Waals surface area contributed by atoms with E-state index in [1.54, 1.807) is 6.34 Å². The molecular formula is C5H10N2O. The molecule has 3 nitrogen and oxygen atoms in total. The van der Waals surface area contributed by atoms with Gasteiger partial charge in [0, 0.05) is 6.54 Å². The van der Waals surface area contributed by atoms with Crippen LogP contribution in [0.2, 0.25) is 0 Å². The maximum absolute atomic E-state index is 5.10. The van der Waals surface area contributed by atoms with E-state index in [2.05, 4.69) is 10.3 Å². The number of hydrogen-bond donors (Lipinski definition) is 1. The maximum Gasteiger partial charge on any atom is 0.0825 e. The van der Waals surface area contributed by atoms with Crippen LogP contribution in [0.15, 0.2) is 4.99 Å². The lowest BCUT2D eigenvalue weighted by Crippen LogP contribution is -2.21. The van der Waals surface area contributed by atoms with E-state index in [4.69, 9.17) is 4.74 Å². The molecule has 8 heavy (non-hydrogen) atoms. The minimum absolute atomic E-state index is 0.762. The first kappa shape index (κ1) is 5.56. The Kier molecular flexibility index (Phi) is 2.39. The summed E-state index contributed by atoms with van der Waals surface area (Å²) in [5.41, 5.74) is 0. The molecule has 0 atom stereocenters. The van der Waals surface area contributed by atoms with Crippen molar-refractivity contribution in [1.82, 2.24) is 5.32 Å². The molecule has 0 aromatic carbocycles. The zero-order valence-corrected chi connectivity index (χ0v) is 4.76. The van der Waals surface area contributed by atoms with E-state index in [0.29, 0.717) is 0 Å². The van der Waals surface area contributed by atoms with Crippen molar-refractivity contribution < 1.29 is 4.74 Å². The zero-order chi connectivity index (χ0) is 5.66. The van der Waals surface area contributed by atoms with E-state index in [-0.39, 0.29) is 0 Å². The van der Waals surface area contributed by atoms with Crippen LogP contribution in [0, 0.1) is 0 Å². The van der Waals surface area contributed by atoms with Gasteiger partial charge in [0.25, 0.3) is 0 Å².